The van der Waals surface area contributed by atoms with E-state index in [0.29, 0.717) is 11.3 Å². The SMILES string of the molecule is COc1ccc(-c2nc(C(=O)O)ccc2F)cc1. The molecule has 0 radical (unpaired) electrons. The Balaban J connectivity index is 2.48. The third kappa shape index (κ3) is 2.29. The molecule has 0 aliphatic rings. The summed E-state index contributed by atoms with van der Waals surface area (Å²) in [6.45, 7) is 0. The zero-order valence-corrected chi connectivity index (χ0v) is 9.55. The van der Waals surface area contributed by atoms with E-state index < -0.39 is 11.8 Å². The maximum Gasteiger partial charge on any atom is 0.354 e. The van der Waals surface area contributed by atoms with Crippen molar-refractivity contribution in [2.45, 2.75) is 0 Å². The summed E-state index contributed by atoms with van der Waals surface area (Å²) in [5.74, 6) is -1.12. The summed E-state index contributed by atoms with van der Waals surface area (Å²) in [6.07, 6.45) is 0. The van der Waals surface area contributed by atoms with Gasteiger partial charge in [-0.2, -0.15) is 0 Å². The number of aromatic nitrogens is 1. The molecule has 1 heterocycles. The molecule has 1 aromatic carbocycles. The molecular formula is C13H10FNO3. The third-order valence-corrected chi connectivity index (χ3v) is 2.43. The Morgan fingerprint density at radius 2 is 1.89 bits per heavy atom. The van der Waals surface area contributed by atoms with Gasteiger partial charge in [-0.25, -0.2) is 14.2 Å². The number of carboxylic acid groups (broad SMARTS) is 1. The molecule has 0 atom stereocenters. The Morgan fingerprint density at radius 3 is 2.44 bits per heavy atom. The largest absolute Gasteiger partial charge is 0.497 e. The van der Waals surface area contributed by atoms with Crippen molar-refractivity contribution in [2.75, 3.05) is 7.11 Å². The van der Waals surface area contributed by atoms with E-state index in [2.05, 4.69) is 4.98 Å². The van der Waals surface area contributed by atoms with E-state index in [4.69, 9.17) is 9.84 Å². The van der Waals surface area contributed by atoms with E-state index >= 15 is 0 Å². The van der Waals surface area contributed by atoms with Crippen LogP contribution in [0.2, 0.25) is 0 Å². The lowest BCUT2D eigenvalue weighted by molar-refractivity contribution is 0.0690. The highest BCUT2D eigenvalue weighted by Crippen LogP contribution is 2.23. The number of hydrogen-bond donors (Lipinski definition) is 1. The first-order chi connectivity index (χ1) is 8.61. The molecule has 2 rings (SSSR count). The zero-order chi connectivity index (χ0) is 13.1. The van der Waals surface area contributed by atoms with Crippen molar-refractivity contribution in [3.8, 4) is 17.0 Å². The van der Waals surface area contributed by atoms with Crippen LogP contribution in [0.15, 0.2) is 36.4 Å². The van der Waals surface area contributed by atoms with Crippen molar-refractivity contribution in [1.29, 1.82) is 0 Å². The van der Waals surface area contributed by atoms with Gasteiger partial charge < -0.3 is 9.84 Å². The molecule has 18 heavy (non-hydrogen) atoms. The summed E-state index contributed by atoms with van der Waals surface area (Å²) in [7, 11) is 1.53. The van der Waals surface area contributed by atoms with Crippen LogP contribution >= 0.6 is 0 Å². The van der Waals surface area contributed by atoms with Crippen LogP contribution in [-0.4, -0.2) is 23.2 Å². The van der Waals surface area contributed by atoms with Gasteiger partial charge in [0.25, 0.3) is 0 Å². The van der Waals surface area contributed by atoms with Gasteiger partial charge in [0.2, 0.25) is 0 Å². The predicted molar refractivity (Wildman–Crippen MR) is 63.1 cm³/mol. The average Bonchev–Trinajstić information content (AvgIpc) is 2.39. The van der Waals surface area contributed by atoms with Gasteiger partial charge in [-0.05, 0) is 36.4 Å². The zero-order valence-electron chi connectivity index (χ0n) is 9.55. The molecule has 0 fully saturated rings. The standard InChI is InChI=1S/C13H10FNO3/c1-18-9-4-2-8(3-5-9)12-10(14)6-7-11(15-12)13(16)17/h2-7H,1H3,(H,16,17). The number of methoxy groups -OCH3 is 1. The lowest BCUT2D eigenvalue weighted by atomic mass is 10.1. The fourth-order valence-corrected chi connectivity index (χ4v) is 1.51. The van der Waals surface area contributed by atoms with Crippen LogP contribution in [0.1, 0.15) is 10.5 Å². The number of carbonyl (C=O) groups is 1. The highest BCUT2D eigenvalue weighted by Gasteiger charge is 2.12. The van der Waals surface area contributed by atoms with E-state index in [0.717, 1.165) is 12.1 Å². The lowest BCUT2D eigenvalue weighted by Crippen LogP contribution is -2.02. The van der Waals surface area contributed by atoms with E-state index in [9.17, 15) is 9.18 Å². The number of rotatable bonds is 3. The van der Waals surface area contributed by atoms with Crippen molar-refractivity contribution >= 4 is 5.97 Å². The van der Waals surface area contributed by atoms with Crippen molar-refractivity contribution in [2.24, 2.45) is 0 Å². The predicted octanol–water partition coefficient (Wildman–Crippen LogP) is 2.59. The molecule has 0 saturated heterocycles. The van der Waals surface area contributed by atoms with Crippen LogP contribution in [0.3, 0.4) is 0 Å². The molecule has 0 bridgehead atoms. The maximum atomic E-state index is 13.6. The van der Waals surface area contributed by atoms with Crippen LogP contribution in [0, 0.1) is 5.82 Å². The van der Waals surface area contributed by atoms with Crippen molar-refractivity contribution in [3.63, 3.8) is 0 Å². The number of pyridine rings is 1. The topological polar surface area (TPSA) is 59.4 Å². The highest BCUT2D eigenvalue weighted by molar-refractivity contribution is 5.86. The van der Waals surface area contributed by atoms with Gasteiger partial charge in [-0.1, -0.05) is 0 Å². The first-order valence-corrected chi connectivity index (χ1v) is 5.16. The molecule has 0 unspecified atom stereocenters. The summed E-state index contributed by atoms with van der Waals surface area (Å²) >= 11 is 0. The number of benzene rings is 1. The van der Waals surface area contributed by atoms with Crippen molar-refractivity contribution in [3.05, 3.63) is 47.9 Å². The number of carboxylic acids is 1. The van der Waals surface area contributed by atoms with E-state index in [-0.39, 0.29) is 11.4 Å². The van der Waals surface area contributed by atoms with Gasteiger partial charge in [-0.3, -0.25) is 0 Å². The Labute approximate surface area is 103 Å². The Morgan fingerprint density at radius 1 is 1.22 bits per heavy atom. The van der Waals surface area contributed by atoms with Gasteiger partial charge in [0, 0.05) is 5.56 Å². The Hall–Kier alpha value is -2.43. The number of ether oxygens (including phenoxy) is 1. The molecular weight excluding hydrogens is 237 g/mol. The van der Waals surface area contributed by atoms with Crippen LogP contribution in [-0.2, 0) is 0 Å². The summed E-state index contributed by atoms with van der Waals surface area (Å²) in [5.41, 5.74) is 0.316. The smallest absolute Gasteiger partial charge is 0.354 e. The number of aromatic carboxylic acids is 1. The lowest BCUT2D eigenvalue weighted by Gasteiger charge is -2.05. The minimum atomic E-state index is -1.19. The molecule has 4 nitrogen and oxygen atoms in total. The molecule has 0 amide bonds. The second-order valence-corrected chi connectivity index (χ2v) is 3.56. The molecule has 0 spiro atoms. The van der Waals surface area contributed by atoms with E-state index in [1.807, 2.05) is 0 Å². The Bertz CT molecular complexity index is 581. The maximum absolute atomic E-state index is 13.6. The van der Waals surface area contributed by atoms with E-state index in [1.165, 1.54) is 7.11 Å². The molecule has 1 N–H and O–H groups in total. The monoisotopic (exact) mass is 247 g/mol. The number of hydrogen-bond acceptors (Lipinski definition) is 3. The molecule has 2 aromatic rings. The van der Waals surface area contributed by atoms with Crippen LogP contribution in [0.4, 0.5) is 4.39 Å². The van der Waals surface area contributed by atoms with Gasteiger partial charge in [0.15, 0.2) is 0 Å². The van der Waals surface area contributed by atoms with Gasteiger partial charge >= 0.3 is 5.97 Å². The summed E-state index contributed by atoms with van der Waals surface area (Å²) in [4.78, 5) is 14.6. The third-order valence-electron chi connectivity index (χ3n) is 2.43. The van der Waals surface area contributed by atoms with Crippen LogP contribution in [0.25, 0.3) is 11.3 Å². The highest BCUT2D eigenvalue weighted by atomic mass is 19.1. The summed E-state index contributed by atoms with van der Waals surface area (Å²) in [6, 6.07) is 8.78. The molecule has 0 aliphatic carbocycles. The number of halogens is 1. The summed E-state index contributed by atoms with van der Waals surface area (Å²) < 4.78 is 18.6. The quantitative estimate of drug-likeness (QED) is 0.905. The minimum Gasteiger partial charge on any atom is -0.497 e. The fraction of sp³-hybridized carbons (Fsp3) is 0.0769. The molecule has 0 saturated carbocycles. The fourth-order valence-electron chi connectivity index (χ4n) is 1.51. The first-order valence-electron chi connectivity index (χ1n) is 5.16. The average molecular weight is 247 g/mol. The van der Waals surface area contributed by atoms with Crippen LogP contribution in [0.5, 0.6) is 5.75 Å². The molecule has 92 valence electrons. The Kier molecular flexibility index (Phi) is 3.23. The second kappa shape index (κ2) is 4.83. The summed E-state index contributed by atoms with van der Waals surface area (Å²) in [5, 5.41) is 8.82. The molecule has 0 aliphatic heterocycles. The van der Waals surface area contributed by atoms with Crippen molar-refractivity contribution < 1.29 is 19.0 Å². The van der Waals surface area contributed by atoms with Gasteiger partial charge in [0.05, 0.1) is 7.11 Å². The minimum absolute atomic E-state index is 0.0116. The molecule has 1 aromatic heterocycles. The van der Waals surface area contributed by atoms with E-state index in [1.54, 1.807) is 24.3 Å². The van der Waals surface area contributed by atoms with Gasteiger partial charge in [-0.15, -0.1) is 0 Å². The second-order valence-electron chi connectivity index (χ2n) is 3.56. The molecule has 5 heteroatoms. The first kappa shape index (κ1) is 12.0. The number of nitrogens with zero attached hydrogens (tertiary/aromatic N) is 1. The van der Waals surface area contributed by atoms with Crippen molar-refractivity contribution in [1.82, 2.24) is 4.98 Å². The van der Waals surface area contributed by atoms with Crippen LogP contribution < -0.4 is 4.74 Å². The normalized spacial score (nSPS) is 10.1. The van der Waals surface area contributed by atoms with Gasteiger partial charge in [0.1, 0.15) is 23.0 Å².